The molecule has 0 aliphatic heterocycles. The molecule has 1 aliphatic rings. The highest BCUT2D eigenvalue weighted by Gasteiger charge is 2.23. The first-order chi connectivity index (χ1) is 9.49. The minimum atomic E-state index is -1.02. The molecule has 5 heteroatoms. The van der Waals surface area contributed by atoms with Crippen molar-refractivity contribution < 1.29 is 19.4 Å². The number of rotatable bonds is 6. The molecule has 0 saturated heterocycles. The van der Waals surface area contributed by atoms with Gasteiger partial charge in [0.1, 0.15) is 11.8 Å². The number of nitrogens with zero attached hydrogens (tertiary/aromatic N) is 1. The van der Waals surface area contributed by atoms with Crippen LogP contribution >= 0.6 is 0 Å². The Morgan fingerprint density at radius 3 is 2.45 bits per heavy atom. The Balaban J connectivity index is 1.97. The van der Waals surface area contributed by atoms with E-state index in [1.165, 1.54) is 31.7 Å². The van der Waals surface area contributed by atoms with Gasteiger partial charge in [-0.3, -0.25) is 4.79 Å². The van der Waals surface area contributed by atoms with Crippen LogP contribution in [0.5, 0.6) is 5.75 Å². The molecule has 0 radical (unpaired) electrons. The van der Waals surface area contributed by atoms with Gasteiger partial charge in [0.25, 0.3) is 5.91 Å². The number of carboxylic acids is 1. The van der Waals surface area contributed by atoms with Crippen LogP contribution in [0.1, 0.15) is 30.1 Å². The summed E-state index contributed by atoms with van der Waals surface area (Å²) in [6, 6.07) is 5.96. The number of hydrogen-bond acceptors (Lipinski definition) is 3. The molecular formula is C15H19NO4. The van der Waals surface area contributed by atoms with Gasteiger partial charge in [0.2, 0.25) is 0 Å². The summed E-state index contributed by atoms with van der Waals surface area (Å²) in [6.07, 6.45) is 2.46. The standard InChI is InChI=1S/C15H19NO4/c1-10(15(18)19)16(2)14(17)12-5-7-13(8-6-12)20-9-11-3-4-11/h5-8,10-11H,3-4,9H2,1-2H3,(H,18,19). The van der Waals surface area contributed by atoms with Crippen LogP contribution in [-0.2, 0) is 4.79 Å². The fraction of sp³-hybridized carbons (Fsp3) is 0.467. The van der Waals surface area contributed by atoms with Gasteiger partial charge < -0.3 is 14.7 Å². The number of benzene rings is 1. The molecule has 1 aromatic carbocycles. The number of likely N-dealkylation sites (N-methyl/N-ethyl adjacent to an activating group) is 1. The summed E-state index contributed by atoms with van der Waals surface area (Å²) in [4.78, 5) is 24.2. The number of hydrogen-bond donors (Lipinski definition) is 1. The number of amides is 1. The minimum Gasteiger partial charge on any atom is -0.493 e. The first kappa shape index (κ1) is 14.4. The van der Waals surface area contributed by atoms with Gasteiger partial charge in [-0.2, -0.15) is 0 Å². The lowest BCUT2D eigenvalue weighted by molar-refractivity contribution is -0.141. The number of ether oxygens (including phenoxy) is 1. The lowest BCUT2D eigenvalue weighted by atomic mass is 10.1. The van der Waals surface area contributed by atoms with Crippen LogP contribution in [0.2, 0.25) is 0 Å². The van der Waals surface area contributed by atoms with E-state index in [0.29, 0.717) is 11.5 Å². The predicted octanol–water partition coefficient (Wildman–Crippen LogP) is 2.02. The largest absolute Gasteiger partial charge is 0.493 e. The second-order valence-electron chi connectivity index (χ2n) is 5.21. The molecule has 1 amide bonds. The smallest absolute Gasteiger partial charge is 0.326 e. The van der Waals surface area contributed by atoms with Crippen molar-refractivity contribution in [3.63, 3.8) is 0 Å². The molecule has 1 aliphatic carbocycles. The highest BCUT2D eigenvalue weighted by molar-refractivity contribution is 5.96. The third-order valence-corrected chi connectivity index (χ3v) is 3.54. The molecule has 5 nitrogen and oxygen atoms in total. The van der Waals surface area contributed by atoms with E-state index < -0.39 is 12.0 Å². The molecule has 2 rings (SSSR count). The molecule has 108 valence electrons. The maximum atomic E-state index is 12.1. The van der Waals surface area contributed by atoms with Crippen molar-refractivity contribution in [1.82, 2.24) is 4.90 Å². The van der Waals surface area contributed by atoms with Crippen molar-refractivity contribution in [2.45, 2.75) is 25.8 Å². The molecule has 1 aromatic rings. The van der Waals surface area contributed by atoms with Gasteiger partial charge in [-0.25, -0.2) is 4.79 Å². The summed E-state index contributed by atoms with van der Waals surface area (Å²) in [5, 5.41) is 8.91. The van der Waals surface area contributed by atoms with Gasteiger partial charge in [-0.15, -0.1) is 0 Å². The van der Waals surface area contributed by atoms with E-state index in [2.05, 4.69) is 0 Å². The summed E-state index contributed by atoms with van der Waals surface area (Å²) in [5.41, 5.74) is 0.458. The summed E-state index contributed by atoms with van der Waals surface area (Å²) in [5.74, 6) is 0.0834. The topological polar surface area (TPSA) is 66.8 Å². The summed E-state index contributed by atoms with van der Waals surface area (Å²) < 4.78 is 5.59. The SMILES string of the molecule is CC(C(=O)O)N(C)C(=O)c1ccc(OCC2CC2)cc1. The van der Waals surface area contributed by atoms with Crippen LogP contribution in [0.3, 0.4) is 0 Å². The second kappa shape index (κ2) is 5.94. The summed E-state index contributed by atoms with van der Waals surface area (Å²) in [6.45, 7) is 2.20. The molecule has 1 N–H and O–H groups in total. The van der Waals surface area contributed by atoms with Crippen LogP contribution in [-0.4, -0.2) is 41.6 Å². The third kappa shape index (κ3) is 3.50. The highest BCUT2D eigenvalue weighted by atomic mass is 16.5. The first-order valence-corrected chi connectivity index (χ1v) is 6.72. The lowest BCUT2D eigenvalue weighted by Gasteiger charge is -2.21. The van der Waals surface area contributed by atoms with E-state index in [0.717, 1.165) is 12.4 Å². The van der Waals surface area contributed by atoms with Crippen molar-refractivity contribution in [3.8, 4) is 5.75 Å². The van der Waals surface area contributed by atoms with Crippen molar-refractivity contribution in [1.29, 1.82) is 0 Å². The van der Waals surface area contributed by atoms with Crippen LogP contribution in [0.25, 0.3) is 0 Å². The fourth-order valence-corrected chi connectivity index (χ4v) is 1.74. The molecular weight excluding hydrogens is 258 g/mol. The second-order valence-corrected chi connectivity index (χ2v) is 5.21. The Hall–Kier alpha value is -2.04. The summed E-state index contributed by atoms with van der Waals surface area (Å²) >= 11 is 0. The number of carbonyl (C=O) groups is 2. The molecule has 1 fully saturated rings. The maximum Gasteiger partial charge on any atom is 0.326 e. The fourth-order valence-electron chi connectivity index (χ4n) is 1.74. The zero-order chi connectivity index (χ0) is 14.7. The van der Waals surface area contributed by atoms with Crippen LogP contribution in [0.15, 0.2) is 24.3 Å². The number of aliphatic carboxylic acids is 1. The normalized spacial score (nSPS) is 15.5. The molecule has 20 heavy (non-hydrogen) atoms. The van der Waals surface area contributed by atoms with Crippen LogP contribution < -0.4 is 4.74 Å². The monoisotopic (exact) mass is 277 g/mol. The van der Waals surface area contributed by atoms with Crippen molar-refractivity contribution in [2.75, 3.05) is 13.7 Å². The van der Waals surface area contributed by atoms with Gasteiger partial charge in [-0.05, 0) is 49.9 Å². The van der Waals surface area contributed by atoms with Gasteiger partial charge in [0.15, 0.2) is 0 Å². The molecule has 0 aromatic heterocycles. The van der Waals surface area contributed by atoms with E-state index in [9.17, 15) is 9.59 Å². The van der Waals surface area contributed by atoms with Gasteiger partial charge >= 0.3 is 5.97 Å². The van der Waals surface area contributed by atoms with E-state index in [1.54, 1.807) is 24.3 Å². The Kier molecular flexibility index (Phi) is 4.27. The molecule has 1 unspecified atom stereocenters. The average Bonchev–Trinajstić information content (AvgIpc) is 3.27. The van der Waals surface area contributed by atoms with Gasteiger partial charge in [-0.1, -0.05) is 0 Å². The zero-order valence-corrected chi connectivity index (χ0v) is 11.7. The first-order valence-electron chi connectivity index (χ1n) is 6.72. The number of carbonyl (C=O) groups excluding carboxylic acids is 1. The molecule has 0 bridgehead atoms. The van der Waals surface area contributed by atoms with Crippen LogP contribution in [0, 0.1) is 5.92 Å². The van der Waals surface area contributed by atoms with Crippen LogP contribution in [0.4, 0.5) is 0 Å². The van der Waals surface area contributed by atoms with Gasteiger partial charge in [0, 0.05) is 12.6 Å². The van der Waals surface area contributed by atoms with E-state index in [4.69, 9.17) is 9.84 Å². The van der Waals surface area contributed by atoms with Gasteiger partial charge in [0.05, 0.1) is 6.61 Å². The summed E-state index contributed by atoms with van der Waals surface area (Å²) in [7, 11) is 1.48. The molecule has 1 atom stereocenters. The highest BCUT2D eigenvalue weighted by Crippen LogP contribution is 2.29. The van der Waals surface area contributed by atoms with E-state index in [1.807, 2.05) is 0 Å². The molecule has 0 spiro atoms. The Labute approximate surface area is 118 Å². The van der Waals surface area contributed by atoms with Crippen molar-refractivity contribution in [2.24, 2.45) is 5.92 Å². The molecule has 1 saturated carbocycles. The predicted molar refractivity (Wildman–Crippen MR) is 73.9 cm³/mol. The third-order valence-electron chi connectivity index (χ3n) is 3.54. The van der Waals surface area contributed by atoms with Crippen molar-refractivity contribution in [3.05, 3.63) is 29.8 Å². The Morgan fingerprint density at radius 2 is 1.95 bits per heavy atom. The Morgan fingerprint density at radius 1 is 1.35 bits per heavy atom. The maximum absolute atomic E-state index is 12.1. The van der Waals surface area contributed by atoms with E-state index >= 15 is 0 Å². The quantitative estimate of drug-likeness (QED) is 0.864. The lowest BCUT2D eigenvalue weighted by Crippen LogP contribution is -2.40. The Bertz CT molecular complexity index is 493. The average molecular weight is 277 g/mol. The number of carboxylic acid groups (broad SMARTS) is 1. The zero-order valence-electron chi connectivity index (χ0n) is 11.7. The molecule has 0 heterocycles. The minimum absolute atomic E-state index is 0.311. The van der Waals surface area contributed by atoms with E-state index in [-0.39, 0.29) is 5.91 Å². The van der Waals surface area contributed by atoms with Crippen molar-refractivity contribution >= 4 is 11.9 Å².